The molecule has 0 aliphatic carbocycles. The summed E-state index contributed by atoms with van der Waals surface area (Å²) in [6, 6.07) is 26.7. The summed E-state index contributed by atoms with van der Waals surface area (Å²) >= 11 is 0. The molecule has 4 aromatic rings. The second-order valence-electron chi connectivity index (χ2n) is 7.30. The fourth-order valence-electron chi connectivity index (χ4n) is 3.38. The molecule has 0 saturated carbocycles. The summed E-state index contributed by atoms with van der Waals surface area (Å²) in [6.07, 6.45) is 5.74. The normalized spacial score (nSPS) is 13.9. The highest BCUT2D eigenvalue weighted by atomic mass is 16.6. The number of aromatic nitrogens is 2. The number of para-hydroxylation sites is 1. The third-order valence-electron chi connectivity index (χ3n) is 4.78. The maximum Gasteiger partial charge on any atom is 0.207 e. The van der Waals surface area contributed by atoms with Gasteiger partial charge in [-0.15, -0.1) is 0 Å². The van der Waals surface area contributed by atoms with Crippen molar-refractivity contribution in [2.24, 2.45) is 0 Å². The fraction of sp³-hybridized carbons (Fsp3) is 0.160. The Morgan fingerprint density at radius 2 is 1.47 bits per heavy atom. The molecule has 1 aromatic heterocycles. The average Bonchev–Trinajstić information content (AvgIpc) is 3.29. The Balaban J connectivity index is 1.46. The summed E-state index contributed by atoms with van der Waals surface area (Å²) < 4.78 is 13.7. The van der Waals surface area contributed by atoms with Crippen molar-refractivity contribution in [3.63, 3.8) is 0 Å². The molecule has 3 aromatic carbocycles. The first-order chi connectivity index (χ1) is 14.6. The van der Waals surface area contributed by atoms with Crippen molar-refractivity contribution in [1.82, 2.24) is 9.55 Å². The number of hydrogen-bond acceptors (Lipinski definition) is 4. The van der Waals surface area contributed by atoms with Crippen LogP contribution < -0.4 is 9.47 Å². The third-order valence-corrected chi connectivity index (χ3v) is 4.78. The van der Waals surface area contributed by atoms with Crippen LogP contribution in [0.4, 0.5) is 0 Å². The molecule has 4 rings (SSSR count). The van der Waals surface area contributed by atoms with E-state index >= 15 is 0 Å². The lowest BCUT2D eigenvalue weighted by atomic mass is 9.99. The van der Waals surface area contributed by atoms with Gasteiger partial charge in [0.15, 0.2) is 0 Å². The zero-order chi connectivity index (χ0) is 20.8. The van der Waals surface area contributed by atoms with E-state index in [4.69, 9.17) is 9.47 Å². The lowest BCUT2D eigenvalue weighted by Crippen LogP contribution is -2.35. The highest BCUT2D eigenvalue weighted by Gasteiger charge is 2.29. The van der Waals surface area contributed by atoms with Gasteiger partial charge < -0.3 is 19.1 Å². The van der Waals surface area contributed by atoms with E-state index in [1.165, 1.54) is 0 Å². The Labute approximate surface area is 176 Å². The van der Waals surface area contributed by atoms with Crippen LogP contribution in [0, 0.1) is 0 Å². The van der Waals surface area contributed by atoms with Crippen molar-refractivity contribution in [2.45, 2.75) is 25.2 Å². The summed E-state index contributed by atoms with van der Waals surface area (Å²) in [6.45, 7) is 1.67. The van der Waals surface area contributed by atoms with Crippen LogP contribution in [0.25, 0.3) is 0 Å². The molecule has 0 aliphatic heterocycles. The number of aliphatic hydroxyl groups is 1. The molecule has 5 heteroatoms. The van der Waals surface area contributed by atoms with Crippen LogP contribution in [-0.4, -0.2) is 20.4 Å². The van der Waals surface area contributed by atoms with E-state index in [9.17, 15) is 5.11 Å². The molecular formula is C25H24N2O3. The molecule has 0 radical (unpaired) electrons. The largest absolute Gasteiger partial charge is 0.463 e. The Morgan fingerprint density at radius 1 is 0.867 bits per heavy atom. The Morgan fingerprint density at radius 3 is 2.10 bits per heavy atom. The van der Waals surface area contributed by atoms with E-state index in [0.717, 1.165) is 11.3 Å². The summed E-state index contributed by atoms with van der Waals surface area (Å²) in [7, 11) is 0. The zero-order valence-electron chi connectivity index (χ0n) is 16.8. The van der Waals surface area contributed by atoms with Crippen LogP contribution in [0.3, 0.4) is 0 Å². The number of ether oxygens (including phenoxy) is 2. The summed E-state index contributed by atoms with van der Waals surface area (Å²) in [5.41, 5.74) is 1.07. The SMILES string of the molecule is CC(O)(CC(c1ccccc1)n1ccnc1)Oc1ccc(Oc2ccccc2)cc1. The third kappa shape index (κ3) is 5.07. The van der Waals surface area contributed by atoms with Gasteiger partial charge in [0.1, 0.15) is 17.2 Å². The van der Waals surface area contributed by atoms with E-state index in [2.05, 4.69) is 4.98 Å². The van der Waals surface area contributed by atoms with E-state index in [1.807, 2.05) is 83.6 Å². The molecule has 0 fully saturated rings. The standard InChI is InChI=1S/C25H24N2O3/c1-25(28,18-24(27-17-16-26-19-27)20-8-4-2-5-9-20)30-23-14-12-22(13-15-23)29-21-10-6-3-7-11-21/h2-17,19,24,28H,18H2,1H3. The Hall–Kier alpha value is -3.57. The minimum absolute atomic E-state index is 0.107. The van der Waals surface area contributed by atoms with Gasteiger partial charge in [-0.05, 0) is 42.0 Å². The van der Waals surface area contributed by atoms with Gasteiger partial charge in [-0.25, -0.2) is 4.98 Å². The first kappa shape index (κ1) is 19.7. The predicted molar refractivity (Wildman–Crippen MR) is 116 cm³/mol. The van der Waals surface area contributed by atoms with Gasteiger partial charge in [0.2, 0.25) is 5.79 Å². The van der Waals surface area contributed by atoms with Crippen LogP contribution in [0.5, 0.6) is 17.2 Å². The van der Waals surface area contributed by atoms with Crippen molar-refractivity contribution in [3.05, 3.63) is 109 Å². The number of rotatable bonds is 8. The monoisotopic (exact) mass is 400 g/mol. The molecule has 30 heavy (non-hydrogen) atoms. The molecule has 0 spiro atoms. The zero-order valence-corrected chi connectivity index (χ0v) is 16.8. The molecule has 2 unspecified atom stereocenters. The maximum atomic E-state index is 11.0. The molecule has 152 valence electrons. The first-order valence-corrected chi connectivity index (χ1v) is 9.86. The van der Waals surface area contributed by atoms with Gasteiger partial charge in [-0.1, -0.05) is 48.5 Å². The van der Waals surface area contributed by atoms with Gasteiger partial charge in [-0.3, -0.25) is 0 Å². The van der Waals surface area contributed by atoms with Gasteiger partial charge >= 0.3 is 0 Å². The topological polar surface area (TPSA) is 56.5 Å². The minimum atomic E-state index is -1.38. The van der Waals surface area contributed by atoms with Gasteiger partial charge in [0.25, 0.3) is 0 Å². The lowest BCUT2D eigenvalue weighted by Gasteiger charge is -2.30. The van der Waals surface area contributed by atoms with Crippen LogP contribution in [0.1, 0.15) is 24.9 Å². The van der Waals surface area contributed by atoms with Crippen molar-refractivity contribution < 1.29 is 14.6 Å². The van der Waals surface area contributed by atoms with Crippen molar-refractivity contribution >= 4 is 0 Å². The van der Waals surface area contributed by atoms with Crippen molar-refractivity contribution in [3.8, 4) is 17.2 Å². The molecule has 0 saturated heterocycles. The van der Waals surface area contributed by atoms with Crippen LogP contribution in [0.15, 0.2) is 104 Å². The highest BCUT2D eigenvalue weighted by Crippen LogP contribution is 2.31. The second kappa shape index (κ2) is 8.84. The van der Waals surface area contributed by atoms with E-state index < -0.39 is 5.79 Å². The summed E-state index contributed by atoms with van der Waals surface area (Å²) in [4.78, 5) is 4.15. The van der Waals surface area contributed by atoms with Gasteiger partial charge in [-0.2, -0.15) is 0 Å². The number of imidazole rings is 1. The molecule has 1 N–H and O–H groups in total. The van der Waals surface area contributed by atoms with Crippen LogP contribution in [0.2, 0.25) is 0 Å². The number of hydrogen-bond donors (Lipinski definition) is 1. The first-order valence-electron chi connectivity index (χ1n) is 9.86. The Bertz CT molecular complexity index is 1030. The fourth-order valence-corrected chi connectivity index (χ4v) is 3.38. The quantitative estimate of drug-likeness (QED) is 0.400. The molecule has 0 amide bonds. The molecule has 1 heterocycles. The summed E-state index contributed by atoms with van der Waals surface area (Å²) in [5.74, 6) is 0.655. The van der Waals surface area contributed by atoms with Gasteiger partial charge in [0, 0.05) is 25.7 Å². The summed E-state index contributed by atoms with van der Waals surface area (Å²) in [5, 5.41) is 11.0. The molecule has 0 aliphatic rings. The molecule has 0 bridgehead atoms. The van der Waals surface area contributed by atoms with Crippen LogP contribution >= 0.6 is 0 Å². The smallest absolute Gasteiger partial charge is 0.207 e. The molecular weight excluding hydrogens is 376 g/mol. The maximum absolute atomic E-state index is 11.0. The minimum Gasteiger partial charge on any atom is -0.463 e. The Kier molecular flexibility index (Phi) is 5.82. The van der Waals surface area contributed by atoms with E-state index in [-0.39, 0.29) is 6.04 Å². The van der Waals surface area contributed by atoms with Crippen molar-refractivity contribution in [2.75, 3.05) is 0 Å². The number of nitrogens with zero attached hydrogens (tertiary/aromatic N) is 2. The van der Waals surface area contributed by atoms with Crippen molar-refractivity contribution in [1.29, 1.82) is 0 Å². The van der Waals surface area contributed by atoms with E-state index in [0.29, 0.717) is 17.9 Å². The average molecular weight is 400 g/mol. The van der Waals surface area contributed by atoms with E-state index in [1.54, 1.807) is 31.6 Å². The second-order valence-corrected chi connectivity index (χ2v) is 7.30. The van der Waals surface area contributed by atoms with Gasteiger partial charge in [0.05, 0.1) is 12.4 Å². The highest BCUT2D eigenvalue weighted by molar-refractivity contribution is 5.35. The molecule has 2 atom stereocenters. The number of benzene rings is 3. The predicted octanol–water partition coefficient (Wildman–Crippen LogP) is 5.44. The van der Waals surface area contributed by atoms with Crippen LogP contribution in [-0.2, 0) is 0 Å². The lowest BCUT2D eigenvalue weighted by molar-refractivity contribution is -0.132. The molecule has 5 nitrogen and oxygen atoms in total.